The van der Waals surface area contributed by atoms with Crippen LogP contribution in [0.5, 0.6) is 0 Å². The molecule has 0 aliphatic carbocycles. The molecule has 0 radical (unpaired) electrons. The molecule has 4 rings (SSSR count). The molecule has 0 amide bonds. The van der Waals surface area contributed by atoms with E-state index in [4.69, 9.17) is 9.52 Å². The molecule has 0 aliphatic heterocycles. The van der Waals surface area contributed by atoms with E-state index in [2.05, 4.69) is 15.2 Å². The summed E-state index contributed by atoms with van der Waals surface area (Å²) in [6.07, 6.45) is 0. The van der Waals surface area contributed by atoms with E-state index in [1.807, 2.05) is 13.8 Å². The number of carboxylic acids is 1. The van der Waals surface area contributed by atoms with Crippen molar-refractivity contribution in [3.05, 3.63) is 59.7 Å². The third-order valence-corrected chi connectivity index (χ3v) is 3.78. The quantitative estimate of drug-likeness (QED) is 0.513. The van der Waals surface area contributed by atoms with Crippen LogP contribution in [-0.2, 0) is 0 Å². The summed E-state index contributed by atoms with van der Waals surface area (Å²) in [5.41, 5.74) is 0.776. The van der Waals surface area contributed by atoms with Gasteiger partial charge in [0.25, 0.3) is 5.89 Å². The summed E-state index contributed by atoms with van der Waals surface area (Å²) in [6, 6.07) is 6.99. The molecule has 2 aromatic carbocycles. The van der Waals surface area contributed by atoms with Crippen molar-refractivity contribution in [3.8, 4) is 22.7 Å². The molecule has 28 heavy (non-hydrogen) atoms. The van der Waals surface area contributed by atoms with Crippen LogP contribution in [0.4, 0.5) is 13.2 Å². The largest absolute Gasteiger partial charge is 0.474 e. The average Bonchev–Trinajstić information content (AvgIpc) is 3.29. The van der Waals surface area contributed by atoms with E-state index in [1.165, 1.54) is 24.3 Å². The Hall–Kier alpha value is -3.62. The van der Waals surface area contributed by atoms with Gasteiger partial charge in [0.05, 0.1) is 16.8 Å². The summed E-state index contributed by atoms with van der Waals surface area (Å²) in [5, 5.41) is 16.1. The Morgan fingerprint density at radius 1 is 1.04 bits per heavy atom. The minimum absolute atomic E-state index is 0.0317. The van der Waals surface area contributed by atoms with Crippen molar-refractivity contribution in [1.82, 2.24) is 15.2 Å². The Morgan fingerprint density at radius 2 is 1.71 bits per heavy atom. The van der Waals surface area contributed by atoms with Crippen LogP contribution in [0.1, 0.15) is 24.5 Å². The fourth-order valence-corrected chi connectivity index (χ4v) is 2.69. The Morgan fingerprint density at radius 3 is 2.32 bits per heavy atom. The molecular formula is C19H14F3N3O3. The van der Waals surface area contributed by atoms with Gasteiger partial charge in [0.2, 0.25) is 0 Å². The highest BCUT2D eigenvalue weighted by Gasteiger charge is 2.24. The molecule has 9 heteroatoms. The Kier molecular flexibility index (Phi) is 5.16. The van der Waals surface area contributed by atoms with Gasteiger partial charge >= 0.3 is 11.9 Å². The van der Waals surface area contributed by atoms with Crippen molar-refractivity contribution in [2.24, 2.45) is 0 Å². The second-order valence-corrected chi connectivity index (χ2v) is 5.41. The van der Waals surface area contributed by atoms with Crippen LogP contribution in [-0.4, -0.2) is 26.3 Å². The van der Waals surface area contributed by atoms with Crippen molar-refractivity contribution in [2.45, 2.75) is 13.8 Å². The van der Waals surface area contributed by atoms with E-state index < -0.39 is 29.3 Å². The van der Waals surface area contributed by atoms with Gasteiger partial charge in [-0.2, -0.15) is 0 Å². The standard InChI is InChI=1S/C17H8F3N3O3.C2H6/c18-8-3-1-7(2-4-8)13-12(15-22-23-16(26-15)17(24)25)10-5-9(19)6-11(20)14(10)21-13;1-2/h1-6,21H,(H,24,25);1-2H3. The molecule has 0 atom stereocenters. The van der Waals surface area contributed by atoms with Crippen LogP contribution in [0.25, 0.3) is 33.6 Å². The highest BCUT2D eigenvalue weighted by atomic mass is 19.1. The zero-order chi connectivity index (χ0) is 20.4. The number of hydrogen-bond acceptors (Lipinski definition) is 4. The number of hydrogen-bond donors (Lipinski definition) is 2. The van der Waals surface area contributed by atoms with Gasteiger partial charge < -0.3 is 14.5 Å². The maximum Gasteiger partial charge on any atom is 0.393 e. The second-order valence-electron chi connectivity index (χ2n) is 5.41. The Bertz CT molecular complexity index is 1150. The maximum absolute atomic E-state index is 14.2. The molecule has 0 aliphatic rings. The van der Waals surface area contributed by atoms with E-state index in [0.29, 0.717) is 11.6 Å². The molecule has 0 saturated carbocycles. The van der Waals surface area contributed by atoms with Crippen molar-refractivity contribution in [2.75, 3.05) is 0 Å². The highest BCUT2D eigenvalue weighted by Crippen LogP contribution is 2.38. The number of carboxylic acid groups (broad SMARTS) is 1. The lowest BCUT2D eigenvalue weighted by Gasteiger charge is -2.01. The topological polar surface area (TPSA) is 92.0 Å². The summed E-state index contributed by atoms with van der Waals surface area (Å²) in [6.45, 7) is 4.00. The number of aromatic nitrogens is 3. The Labute approximate surface area is 156 Å². The molecule has 2 heterocycles. The van der Waals surface area contributed by atoms with Gasteiger partial charge in [-0.15, -0.1) is 10.2 Å². The number of halogens is 3. The summed E-state index contributed by atoms with van der Waals surface area (Å²) in [5.74, 6) is -4.51. The van der Waals surface area contributed by atoms with Gasteiger partial charge in [0.1, 0.15) is 17.5 Å². The fraction of sp³-hybridized carbons (Fsp3) is 0.105. The van der Waals surface area contributed by atoms with Crippen LogP contribution >= 0.6 is 0 Å². The summed E-state index contributed by atoms with van der Waals surface area (Å²) in [7, 11) is 0. The number of nitrogens with zero attached hydrogens (tertiary/aromatic N) is 2. The smallest absolute Gasteiger partial charge is 0.393 e. The Balaban J connectivity index is 0.00000109. The highest BCUT2D eigenvalue weighted by molar-refractivity contribution is 6.02. The van der Waals surface area contributed by atoms with Gasteiger partial charge in [-0.1, -0.05) is 13.8 Å². The van der Waals surface area contributed by atoms with Gasteiger partial charge in [-0.25, -0.2) is 18.0 Å². The van der Waals surface area contributed by atoms with Gasteiger partial charge in [0.15, 0.2) is 0 Å². The number of nitrogens with one attached hydrogen (secondary N) is 1. The molecule has 6 nitrogen and oxygen atoms in total. The van der Waals surface area contributed by atoms with Crippen LogP contribution in [0.3, 0.4) is 0 Å². The minimum atomic E-state index is -1.44. The number of fused-ring (bicyclic) bond motifs is 1. The summed E-state index contributed by atoms with van der Waals surface area (Å²) in [4.78, 5) is 13.8. The predicted octanol–water partition coefficient (Wildman–Crippen LogP) is 5.03. The van der Waals surface area contributed by atoms with E-state index in [1.54, 1.807) is 0 Å². The zero-order valence-electron chi connectivity index (χ0n) is 14.8. The number of H-pyrrole nitrogens is 1. The van der Waals surface area contributed by atoms with Crippen LogP contribution in [0.15, 0.2) is 40.8 Å². The van der Waals surface area contributed by atoms with Gasteiger partial charge in [0, 0.05) is 11.5 Å². The number of aromatic amines is 1. The summed E-state index contributed by atoms with van der Waals surface area (Å²) < 4.78 is 46.2. The number of carbonyl (C=O) groups is 1. The lowest BCUT2D eigenvalue weighted by Crippen LogP contribution is -1.95. The van der Waals surface area contributed by atoms with Crippen molar-refractivity contribution < 1.29 is 27.5 Å². The SMILES string of the molecule is CC.O=C(O)c1nnc(-c2c(-c3ccc(F)cc3)[nH]c3c(F)cc(F)cc23)o1. The molecular weight excluding hydrogens is 375 g/mol. The molecule has 0 bridgehead atoms. The third-order valence-electron chi connectivity index (χ3n) is 3.78. The van der Waals surface area contributed by atoms with Crippen LogP contribution < -0.4 is 0 Å². The summed E-state index contributed by atoms with van der Waals surface area (Å²) >= 11 is 0. The maximum atomic E-state index is 14.2. The first-order valence-electron chi connectivity index (χ1n) is 8.28. The molecule has 0 spiro atoms. The second kappa shape index (κ2) is 7.55. The van der Waals surface area contributed by atoms with Gasteiger partial charge in [-0.3, -0.25) is 0 Å². The number of rotatable bonds is 3. The first kappa shape index (κ1) is 19.2. The molecule has 4 aromatic rings. The van der Waals surface area contributed by atoms with E-state index in [9.17, 15) is 18.0 Å². The van der Waals surface area contributed by atoms with E-state index >= 15 is 0 Å². The van der Waals surface area contributed by atoms with E-state index in [-0.39, 0.29) is 28.1 Å². The third kappa shape index (κ3) is 3.34. The van der Waals surface area contributed by atoms with Gasteiger partial charge in [-0.05, 0) is 35.9 Å². The average molecular weight is 389 g/mol. The molecule has 144 valence electrons. The van der Waals surface area contributed by atoms with Crippen molar-refractivity contribution >= 4 is 16.9 Å². The normalized spacial score (nSPS) is 10.6. The first-order valence-corrected chi connectivity index (χ1v) is 8.28. The fourth-order valence-electron chi connectivity index (χ4n) is 2.69. The van der Waals surface area contributed by atoms with Crippen LogP contribution in [0, 0.1) is 17.5 Å². The van der Waals surface area contributed by atoms with Crippen molar-refractivity contribution in [3.63, 3.8) is 0 Å². The molecule has 0 fully saturated rings. The van der Waals surface area contributed by atoms with Crippen molar-refractivity contribution in [1.29, 1.82) is 0 Å². The van der Waals surface area contributed by atoms with E-state index in [0.717, 1.165) is 6.07 Å². The molecule has 0 saturated heterocycles. The zero-order valence-corrected chi connectivity index (χ0v) is 14.8. The minimum Gasteiger partial charge on any atom is -0.474 e. The monoisotopic (exact) mass is 389 g/mol. The first-order chi connectivity index (χ1) is 13.4. The number of benzene rings is 2. The molecule has 2 N–H and O–H groups in total. The lowest BCUT2D eigenvalue weighted by atomic mass is 10.0. The van der Waals surface area contributed by atoms with Crippen LogP contribution in [0.2, 0.25) is 0 Å². The molecule has 2 aromatic heterocycles. The number of aromatic carboxylic acids is 1. The lowest BCUT2D eigenvalue weighted by molar-refractivity contribution is 0.0654. The molecule has 0 unspecified atom stereocenters. The predicted molar refractivity (Wildman–Crippen MR) is 95.2 cm³/mol.